The van der Waals surface area contributed by atoms with E-state index < -0.39 is 0 Å². The summed E-state index contributed by atoms with van der Waals surface area (Å²) in [5.74, 6) is 1.60. The fourth-order valence-electron chi connectivity index (χ4n) is 3.22. The molecule has 0 aliphatic carbocycles. The van der Waals surface area contributed by atoms with Gasteiger partial charge in [-0.05, 0) is 55.5 Å². The van der Waals surface area contributed by atoms with E-state index in [2.05, 4.69) is 20.2 Å². The number of rotatable bonds is 6. The average molecular weight is 401 g/mol. The van der Waals surface area contributed by atoms with Crippen molar-refractivity contribution in [1.82, 2.24) is 19.7 Å². The molecule has 1 N–H and O–H groups in total. The Balaban J connectivity index is 1.55. The summed E-state index contributed by atoms with van der Waals surface area (Å²) >= 11 is 0. The van der Waals surface area contributed by atoms with Gasteiger partial charge in [0.05, 0.1) is 36.8 Å². The van der Waals surface area contributed by atoms with Crippen molar-refractivity contribution in [3.63, 3.8) is 0 Å². The number of ether oxygens (including phenoxy) is 1. The molecule has 0 saturated carbocycles. The maximum Gasteiger partial charge on any atom is 0.253 e. The van der Waals surface area contributed by atoms with Gasteiger partial charge in [0.25, 0.3) is 5.91 Å². The molecular formula is C23H23N5O2. The molecule has 4 rings (SSSR count). The maximum absolute atomic E-state index is 12.7. The fraction of sp³-hybridized carbons (Fsp3) is 0.174. The van der Waals surface area contributed by atoms with E-state index in [1.165, 1.54) is 0 Å². The lowest BCUT2D eigenvalue weighted by atomic mass is 10.2. The lowest BCUT2D eigenvalue weighted by Crippen LogP contribution is -2.24. The summed E-state index contributed by atoms with van der Waals surface area (Å²) in [7, 11) is 3.64. The molecule has 1 aromatic carbocycles. The van der Waals surface area contributed by atoms with Crippen molar-refractivity contribution in [1.29, 1.82) is 0 Å². The minimum Gasteiger partial charge on any atom is -0.497 e. The Bertz CT molecular complexity index is 1170. The van der Waals surface area contributed by atoms with Crippen molar-refractivity contribution in [2.75, 3.05) is 19.1 Å². The van der Waals surface area contributed by atoms with Gasteiger partial charge in [-0.25, -0.2) is 0 Å². The van der Waals surface area contributed by atoms with Crippen LogP contribution in [0.4, 0.5) is 11.5 Å². The van der Waals surface area contributed by atoms with Crippen LogP contribution in [0.3, 0.4) is 0 Å². The summed E-state index contributed by atoms with van der Waals surface area (Å²) < 4.78 is 7.24. The second-order valence-corrected chi connectivity index (χ2v) is 6.99. The summed E-state index contributed by atoms with van der Waals surface area (Å²) in [6, 6.07) is 15.7. The number of anilines is 2. The Hall–Kier alpha value is -3.87. The molecule has 0 unspecified atom stereocenters. The van der Waals surface area contributed by atoms with Crippen molar-refractivity contribution >= 4 is 22.9 Å². The number of amides is 1. The molecule has 0 saturated heterocycles. The fourth-order valence-corrected chi connectivity index (χ4v) is 3.22. The first-order valence-corrected chi connectivity index (χ1v) is 9.60. The summed E-state index contributed by atoms with van der Waals surface area (Å²) in [6.07, 6.45) is 5.21. The highest BCUT2D eigenvalue weighted by Gasteiger charge is 2.12. The predicted octanol–water partition coefficient (Wildman–Crippen LogP) is 3.74. The maximum atomic E-state index is 12.7. The largest absolute Gasteiger partial charge is 0.497 e. The first-order valence-electron chi connectivity index (χ1n) is 9.60. The van der Waals surface area contributed by atoms with E-state index in [0.29, 0.717) is 12.1 Å². The highest BCUT2D eigenvalue weighted by molar-refractivity contribution is 5.94. The average Bonchev–Trinajstić information content (AvgIpc) is 3.21. The molecule has 3 heterocycles. The highest BCUT2D eigenvalue weighted by atomic mass is 16.5. The number of nitrogens with one attached hydrogen (secondary N) is 1. The van der Waals surface area contributed by atoms with Gasteiger partial charge in [0.1, 0.15) is 11.6 Å². The molecule has 4 aromatic rings. The third kappa shape index (κ3) is 3.96. The van der Waals surface area contributed by atoms with E-state index in [1.807, 2.05) is 73.1 Å². The molecule has 0 fully saturated rings. The number of fused-ring (bicyclic) bond motifs is 1. The van der Waals surface area contributed by atoms with Crippen molar-refractivity contribution in [3.05, 3.63) is 84.1 Å². The zero-order valence-corrected chi connectivity index (χ0v) is 17.2. The number of benzene rings is 1. The molecule has 0 aliphatic heterocycles. The van der Waals surface area contributed by atoms with Gasteiger partial charge in [0.2, 0.25) is 0 Å². The van der Waals surface area contributed by atoms with Gasteiger partial charge in [0, 0.05) is 30.6 Å². The first kappa shape index (κ1) is 19.4. The van der Waals surface area contributed by atoms with Gasteiger partial charge < -0.3 is 19.4 Å². The second-order valence-electron chi connectivity index (χ2n) is 6.99. The Kier molecular flexibility index (Phi) is 5.34. The normalized spacial score (nSPS) is 10.8. The number of hydrogen-bond donors (Lipinski definition) is 1. The van der Waals surface area contributed by atoms with Gasteiger partial charge in [0.15, 0.2) is 0 Å². The molecular weight excluding hydrogens is 378 g/mol. The van der Waals surface area contributed by atoms with E-state index in [9.17, 15) is 4.79 Å². The zero-order chi connectivity index (χ0) is 21.1. The van der Waals surface area contributed by atoms with Crippen molar-refractivity contribution in [2.24, 2.45) is 0 Å². The summed E-state index contributed by atoms with van der Waals surface area (Å²) in [5, 5.41) is 2.90. The topological polar surface area (TPSA) is 71.8 Å². The first-order chi connectivity index (χ1) is 14.5. The summed E-state index contributed by atoms with van der Waals surface area (Å²) in [4.78, 5) is 23.2. The van der Waals surface area contributed by atoms with Crippen LogP contribution in [0.2, 0.25) is 0 Å². The van der Waals surface area contributed by atoms with Crippen LogP contribution in [0.1, 0.15) is 21.7 Å². The molecule has 1 amide bonds. The quantitative estimate of drug-likeness (QED) is 0.533. The van der Waals surface area contributed by atoms with Crippen LogP contribution in [0.25, 0.3) is 5.52 Å². The van der Waals surface area contributed by atoms with Gasteiger partial charge >= 0.3 is 0 Å². The predicted molar refractivity (Wildman–Crippen MR) is 116 cm³/mol. The Labute approximate surface area is 175 Å². The molecule has 30 heavy (non-hydrogen) atoms. The van der Waals surface area contributed by atoms with Crippen molar-refractivity contribution in [3.8, 4) is 5.75 Å². The number of carbonyl (C=O) groups excluding carboxylic acids is 1. The zero-order valence-electron chi connectivity index (χ0n) is 17.2. The van der Waals surface area contributed by atoms with Crippen LogP contribution in [0.5, 0.6) is 5.75 Å². The lowest BCUT2D eigenvalue weighted by molar-refractivity contribution is 0.0950. The number of hydrogen-bond acceptors (Lipinski definition) is 5. The molecule has 0 radical (unpaired) electrons. The van der Waals surface area contributed by atoms with E-state index in [4.69, 9.17) is 4.74 Å². The summed E-state index contributed by atoms with van der Waals surface area (Å²) in [5.41, 5.74) is 4.16. The van der Waals surface area contributed by atoms with E-state index in [-0.39, 0.29) is 5.91 Å². The second kappa shape index (κ2) is 8.24. The smallest absolute Gasteiger partial charge is 0.253 e. The molecule has 0 atom stereocenters. The van der Waals surface area contributed by atoms with Crippen molar-refractivity contribution in [2.45, 2.75) is 13.5 Å². The number of carbonyl (C=O) groups is 1. The minimum absolute atomic E-state index is 0.161. The SMILES string of the molecule is COc1ccc(N(C)c2ccc3ccc(C(=O)NCc4cnc(C)cn4)cn23)cc1. The number of aryl methyl sites for hydroxylation is 1. The number of nitrogens with zero attached hydrogens (tertiary/aromatic N) is 4. The van der Waals surface area contributed by atoms with Gasteiger partial charge in [-0.1, -0.05) is 0 Å². The Morgan fingerprint density at radius 1 is 1.07 bits per heavy atom. The van der Waals surface area contributed by atoms with E-state index in [1.54, 1.807) is 19.5 Å². The van der Waals surface area contributed by atoms with E-state index >= 15 is 0 Å². The van der Waals surface area contributed by atoms with Gasteiger partial charge in [-0.3, -0.25) is 14.8 Å². The van der Waals surface area contributed by atoms with Crippen molar-refractivity contribution < 1.29 is 9.53 Å². The molecule has 0 bridgehead atoms. The van der Waals surface area contributed by atoms with Gasteiger partial charge in [-0.15, -0.1) is 0 Å². The lowest BCUT2D eigenvalue weighted by Gasteiger charge is -2.20. The third-order valence-electron chi connectivity index (χ3n) is 4.96. The van der Waals surface area contributed by atoms with E-state index in [0.717, 1.165) is 34.2 Å². The van der Waals surface area contributed by atoms with Gasteiger partial charge in [-0.2, -0.15) is 0 Å². The van der Waals surface area contributed by atoms with Crippen LogP contribution in [-0.4, -0.2) is 34.4 Å². The van der Waals surface area contributed by atoms with Crippen LogP contribution in [-0.2, 0) is 6.54 Å². The molecule has 7 heteroatoms. The Morgan fingerprint density at radius 3 is 2.53 bits per heavy atom. The third-order valence-corrected chi connectivity index (χ3v) is 4.96. The number of pyridine rings is 1. The molecule has 0 spiro atoms. The summed E-state index contributed by atoms with van der Waals surface area (Å²) in [6.45, 7) is 2.21. The number of aromatic nitrogens is 3. The van der Waals surface area contributed by atoms with Crippen LogP contribution in [0, 0.1) is 6.92 Å². The van der Waals surface area contributed by atoms with Crippen LogP contribution in [0.15, 0.2) is 67.1 Å². The molecule has 152 valence electrons. The highest BCUT2D eigenvalue weighted by Crippen LogP contribution is 2.27. The standard InChI is InChI=1S/C23H23N5O2/c1-16-12-25-18(13-24-16)14-26-23(29)17-4-5-20-8-11-22(28(20)15-17)27(2)19-6-9-21(30-3)10-7-19/h4-13,15H,14H2,1-3H3,(H,26,29). The Morgan fingerprint density at radius 2 is 1.83 bits per heavy atom. The van der Waals surface area contributed by atoms with Crippen LogP contribution < -0.4 is 15.0 Å². The minimum atomic E-state index is -0.161. The number of methoxy groups -OCH3 is 1. The van der Waals surface area contributed by atoms with Crippen LogP contribution >= 0.6 is 0 Å². The molecule has 0 aliphatic rings. The monoisotopic (exact) mass is 401 g/mol. The molecule has 3 aromatic heterocycles. The molecule has 7 nitrogen and oxygen atoms in total.